The highest BCUT2D eigenvalue weighted by Crippen LogP contribution is 2.26. The van der Waals surface area contributed by atoms with Gasteiger partial charge in [0.2, 0.25) is 0 Å². The molecule has 1 aromatic carbocycles. The molecule has 6 heteroatoms. The van der Waals surface area contributed by atoms with Crippen molar-refractivity contribution in [3.8, 4) is 0 Å². The van der Waals surface area contributed by atoms with Crippen LogP contribution >= 0.6 is 0 Å². The second-order valence-corrected chi connectivity index (χ2v) is 7.55. The number of para-hydroxylation sites is 1. The number of rotatable bonds is 7. The number of benzene rings is 1. The number of carboxylic acid groups (broad SMARTS) is 1. The summed E-state index contributed by atoms with van der Waals surface area (Å²) in [5.74, 6) is -0.837. The Morgan fingerprint density at radius 2 is 1.90 bits per heavy atom. The number of aliphatic carboxylic acids is 1. The van der Waals surface area contributed by atoms with E-state index >= 15 is 0 Å². The van der Waals surface area contributed by atoms with Gasteiger partial charge in [0.1, 0.15) is 0 Å². The Balaban J connectivity index is 3.01. The lowest BCUT2D eigenvalue weighted by atomic mass is 9.98. The predicted molar refractivity (Wildman–Crippen MR) is 78.7 cm³/mol. The van der Waals surface area contributed by atoms with Crippen LogP contribution in [0.2, 0.25) is 0 Å². The summed E-state index contributed by atoms with van der Waals surface area (Å²) >= 11 is 0. The molecule has 0 heterocycles. The van der Waals surface area contributed by atoms with Gasteiger partial charge in [0.05, 0.1) is 16.3 Å². The van der Waals surface area contributed by atoms with Gasteiger partial charge in [0.25, 0.3) is 0 Å². The third kappa shape index (κ3) is 4.52. The van der Waals surface area contributed by atoms with Crippen LogP contribution in [0.3, 0.4) is 0 Å². The molecule has 5 nitrogen and oxygen atoms in total. The van der Waals surface area contributed by atoms with Crippen molar-refractivity contribution < 1.29 is 18.3 Å². The summed E-state index contributed by atoms with van der Waals surface area (Å²) in [6.45, 7) is 5.30. The minimum Gasteiger partial charge on any atom is -0.481 e. The van der Waals surface area contributed by atoms with Crippen molar-refractivity contribution in [1.29, 1.82) is 0 Å². The van der Waals surface area contributed by atoms with Crippen molar-refractivity contribution in [2.75, 3.05) is 11.1 Å². The smallest absolute Gasteiger partial charge is 0.303 e. The first-order chi connectivity index (χ1) is 9.18. The zero-order valence-electron chi connectivity index (χ0n) is 12.0. The molecule has 0 saturated carbocycles. The van der Waals surface area contributed by atoms with Crippen molar-refractivity contribution >= 4 is 21.5 Å². The molecule has 20 heavy (non-hydrogen) atoms. The maximum Gasteiger partial charge on any atom is 0.303 e. The quantitative estimate of drug-likeness (QED) is 0.808. The summed E-state index contributed by atoms with van der Waals surface area (Å²) in [7, 11) is -3.31. The first-order valence-corrected chi connectivity index (χ1v) is 8.15. The number of anilines is 1. The molecule has 0 aliphatic rings. The molecule has 0 aliphatic heterocycles. The van der Waals surface area contributed by atoms with Crippen LogP contribution in [0.4, 0.5) is 5.69 Å². The van der Waals surface area contributed by atoms with Gasteiger partial charge < -0.3 is 10.4 Å². The summed E-state index contributed by atoms with van der Waals surface area (Å²) in [5.41, 5.74) is 0.0160. The topological polar surface area (TPSA) is 83.5 Å². The Labute approximate surface area is 119 Å². The normalized spacial score (nSPS) is 12.2. The standard InChI is InChI=1S/C14H21NO4S/c1-4-20(18,19)12-8-6-5-7-11(12)15-14(2,3)10-9-13(16)17/h5-8,15H,4,9-10H2,1-3H3,(H,16,17). The molecule has 0 atom stereocenters. The van der Waals surface area contributed by atoms with Gasteiger partial charge in [-0.15, -0.1) is 0 Å². The average Bonchev–Trinajstić information content (AvgIpc) is 2.36. The molecule has 0 amide bonds. The second kappa shape index (κ2) is 6.26. The van der Waals surface area contributed by atoms with E-state index in [1.165, 1.54) is 0 Å². The Morgan fingerprint density at radius 3 is 2.45 bits per heavy atom. The maximum absolute atomic E-state index is 12.0. The molecular formula is C14H21NO4S. The number of hydrogen-bond acceptors (Lipinski definition) is 4. The lowest BCUT2D eigenvalue weighted by molar-refractivity contribution is -0.137. The minimum atomic E-state index is -3.31. The zero-order chi connectivity index (χ0) is 15.4. The lowest BCUT2D eigenvalue weighted by Crippen LogP contribution is -2.32. The van der Waals surface area contributed by atoms with Gasteiger partial charge in [-0.1, -0.05) is 19.1 Å². The van der Waals surface area contributed by atoms with Crippen LogP contribution in [0.5, 0.6) is 0 Å². The van der Waals surface area contributed by atoms with Gasteiger partial charge in [-0.3, -0.25) is 4.79 Å². The van der Waals surface area contributed by atoms with Gasteiger partial charge in [-0.25, -0.2) is 8.42 Å². The third-order valence-corrected chi connectivity index (χ3v) is 4.83. The number of nitrogens with one attached hydrogen (secondary N) is 1. The van der Waals surface area contributed by atoms with Crippen molar-refractivity contribution in [1.82, 2.24) is 0 Å². The van der Waals surface area contributed by atoms with Crippen molar-refractivity contribution in [3.63, 3.8) is 0 Å². The molecule has 1 aromatic rings. The molecule has 1 rings (SSSR count). The first-order valence-electron chi connectivity index (χ1n) is 6.50. The van der Waals surface area contributed by atoms with E-state index in [0.717, 1.165) is 0 Å². The average molecular weight is 299 g/mol. The van der Waals surface area contributed by atoms with Crippen LogP contribution < -0.4 is 5.32 Å². The third-order valence-electron chi connectivity index (χ3n) is 3.04. The maximum atomic E-state index is 12.0. The highest BCUT2D eigenvalue weighted by Gasteiger charge is 2.23. The minimum absolute atomic E-state index is 0.0290. The van der Waals surface area contributed by atoms with E-state index in [0.29, 0.717) is 12.1 Å². The summed E-state index contributed by atoms with van der Waals surface area (Å²) in [6.07, 6.45) is 0.436. The van der Waals surface area contributed by atoms with Crippen LogP contribution in [0.25, 0.3) is 0 Å². The molecule has 0 bridgehead atoms. The molecule has 2 N–H and O–H groups in total. The summed E-state index contributed by atoms with van der Waals surface area (Å²) < 4.78 is 24.1. The predicted octanol–water partition coefficient (Wildman–Crippen LogP) is 2.54. The lowest BCUT2D eigenvalue weighted by Gasteiger charge is -2.28. The molecular weight excluding hydrogens is 278 g/mol. The molecule has 0 saturated heterocycles. The number of hydrogen-bond donors (Lipinski definition) is 2. The fourth-order valence-electron chi connectivity index (χ4n) is 1.84. The van der Waals surface area contributed by atoms with Crippen molar-refractivity contribution in [2.45, 2.75) is 44.0 Å². The highest BCUT2D eigenvalue weighted by molar-refractivity contribution is 7.91. The van der Waals surface area contributed by atoms with Crippen LogP contribution in [-0.4, -0.2) is 30.8 Å². The highest BCUT2D eigenvalue weighted by atomic mass is 32.2. The Morgan fingerprint density at radius 1 is 1.30 bits per heavy atom. The second-order valence-electron chi connectivity index (χ2n) is 5.30. The fraction of sp³-hybridized carbons (Fsp3) is 0.500. The summed E-state index contributed by atoms with van der Waals surface area (Å²) in [5, 5.41) is 11.9. The van der Waals surface area contributed by atoms with E-state index in [1.54, 1.807) is 31.2 Å². The van der Waals surface area contributed by atoms with Crippen LogP contribution in [0.1, 0.15) is 33.6 Å². The Hall–Kier alpha value is -1.56. The van der Waals surface area contributed by atoms with Gasteiger partial charge in [-0.2, -0.15) is 0 Å². The fourth-order valence-corrected chi connectivity index (χ4v) is 2.89. The van der Waals surface area contributed by atoms with Gasteiger partial charge in [0, 0.05) is 12.0 Å². The molecule has 112 valence electrons. The monoisotopic (exact) mass is 299 g/mol. The first kappa shape index (κ1) is 16.5. The van der Waals surface area contributed by atoms with Crippen molar-refractivity contribution in [2.24, 2.45) is 0 Å². The SMILES string of the molecule is CCS(=O)(=O)c1ccccc1NC(C)(C)CCC(=O)O. The number of sulfone groups is 1. The van der Waals surface area contributed by atoms with Crippen LogP contribution in [0.15, 0.2) is 29.2 Å². The molecule has 0 radical (unpaired) electrons. The van der Waals surface area contributed by atoms with Crippen LogP contribution in [0, 0.1) is 0 Å². The van der Waals surface area contributed by atoms with E-state index in [1.807, 2.05) is 13.8 Å². The Bertz CT molecular complexity index is 579. The molecule has 0 spiro atoms. The molecule has 0 aromatic heterocycles. The van der Waals surface area contributed by atoms with E-state index in [-0.39, 0.29) is 17.1 Å². The Kier molecular flexibility index (Phi) is 5.16. The largest absolute Gasteiger partial charge is 0.481 e. The molecule has 0 unspecified atom stereocenters. The van der Waals surface area contributed by atoms with E-state index < -0.39 is 21.3 Å². The van der Waals surface area contributed by atoms with Crippen molar-refractivity contribution in [3.05, 3.63) is 24.3 Å². The zero-order valence-corrected chi connectivity index (χ0v) is 12.8. The van der Waals surface area contributed by atoms with Gasteiger partial charge >= 0.3 is 5.97 Å². The van der Waals surface area contributed by atoms with E-state index in [4.69, 9.17) is 5.11 Å². The number of carbonyl (C=O) groups is 1. The van der Waals surface area contributed by atoms with Gasteiger partial charge in [-0.05, 0) is 32.4 Å². The number of carboxylic acids is 1. The van der Waals surface area contributed by atoms with E-state index in [2.05, 4.69) is 5.32 Å². The van der Waals surface area contributed by atoms with Gasteiger partial charge in [0.15, 0.2) is 9.84 Å². The van der Waals surface area contributed by atoms with E-state index in [9.17, 15) is 13.2 Å². The summed E-state index contributed by atoms with van der Waals surface area (Å²) in [6, 6.07) is 6.70. The molecule has 0 aliphatic carbocycles. The molecule has 0 fully saturated rings. The summed E-state index contributed by atoms with van der Waals surface area (Å²) in [4.78, 5) is 10.9. The van der Waals surface area contributed by atoms with Crippen LogP contribution in [-0.2, 0) is 14.6 Å².